The Kier molecular flexibility index (Phi) is 7.14. The van der Waals surface area contributed by atoms with Gasteiger partial charge in [-0.1, -0.05) is 48.0 Å². The van der Waals surface area contributed by atoms with E-state index in [1.165, 1.54) is 0 Å². The molecule has 0 amide bonds. The maximum Gasteiger partial charge on any atom is 0.310 e. The van der Waals surface area contributed by atoms with E-state index in [1.807, 2.05) is 55.5 Å². The molecule has 0 N–H and O–H groups in total. The number of ether oxygens (including phenoxy) is 2. The lowest BCUT2D eigenvalue weighted by molar-refractivity contribution is -0.141. The van der Waals surface area contributed by atoms with E-state index in [0.717, 1.165) is 16.5 Å². The number of methoxy groups -OCH3 is 1. The molecule has 34 heavy (non-hydrogen) atoms. The number of nitrogens with zero attached hydrogens (tertiary/aromatic N) is 1. The molecule has 5 nitrogen and oxygen atoms in total. The smallest absolute Gasteiger partial charge is 0.310 e. The predicted octanol–water partition coefficient (Wildman–Crippen LogP) is 6.10. The van der Waals surface area contributed by atoms with E-state index in [1.54, 1.807) is 48.1 Å². The minimum Gasteiger partial charge on any atom is -0.497 e. The number of hydrogen-bond donors (Lipinski definition) is 0. The number of hydrogen-bond acceptors (Lipinski definition) is 4. The molecule has 1 heterocycles. The third-order valence-corrected chi connectivity index (χ3v) is 5.86. The summed E-state index contributed by atoms with van der Waals surface area (Å²) in [5, 5.41) is 1.33. The SMILES string of the molecule is COc1ccc2c(c1)c(CC(=O)OC/C=C/c1ccccc1)c(C)n2C(=O)c1ccc(Cl)cc1. The van der Waals surface area contributed by atoms with E-state index < -0.39 is 0 Å². The lowest BCUT2D eigenvalue weighted by Crippen LogP contribution is -2.14. The third-order valence-electron chi connectivity index (χ3n) is 5.61. The first-order valence-electron chi connectivity index (χ1n) is 10.8. The molecule has 0 saturated heterocycles. The van der Waals surface area contributed by atoms with E-state index in [2.05, 4.69) is 0 Å². The highest BCUT2D eigenvalue weighted by molar-refractivity contribution is 6.30. The Morgan fingerprint density at radius 3 is 2.44 bits per heavy atom. The Morgan fingerprint density at radius 1 is 1.00 bits per heavy atom. The first-order valence-corrected chi connectivity index (χ1v) is 11.2. The van der Waals surface area contributed by atoms with Crippen LogP contribution in [0.1, 0.15) is 27.2 Å². The summed E-state index contributed by atoms with van der Waals surface area (Å²) in [6, 6.07) is 22.0. The van der Waals surface area contributed by atoms with Crippen molar-refractivity contribution in [1.29, 1.82) is 0 Å². The third kappa shape index (κ3) is 5.05. The molecule has 172 valence electrons. The summed E-state index contributed by atoms with van der Waals surface area (Å²) >= 11 is 5.98. The Hall–Kier alpha value is -3.83. The number of carbonyl (C=O) groups is 2. The number of carbonyl (C=O) groups excluding carboxylic acids is 2. The average Bonchev–Trinajstić information content (AvgIpc) is 3.12. The minimum absolute atomic E-state index is 0.0373. The van der Waals surface area contributed by atoms with Crippen LogP contribution in [0.5, 0.6) is 5.75 Å². The zero-order chi connectivity index (χ0) is 24.1. The van der Waals surface area contributed by atoms with Gasteiger partial charge in [0, 0.05) is 21.7 Å². The number of aromatic nitrogens is 1. The number of esters is 1. The summed E-state index contributed by atoms with van der Waals surface area (Å²) in [5.74, 6) is 0.0698. The van der Waals surface area contributed by atoms with E-state index in [-0.39, 0.29) is 24.9 Å². The second kappa shape index (κ2) is 10.4. The molecule has 0 fully saturated rings. The van der Waals surface area contributed by atoms with Gasteiger partial charge in [0.1, 0.15) is 12.4 Å². The van der Waals surface area contributed by atoms with E-state index in [9.17, 15) is 9.59 Å². The van der Waals surface area contributed by atoms with Gasteiger partial charge in [0.15, 0.2) is 0 Å². The van der Waals surface area contributed by atoms with Gasteiger partial charge in [-0.15, -0.1) is 0 Å². The van der Waals surface area contributed by atoms with Gasteiger partial charge in [-0.3, -0.25) is 14.2 Å². The molecule has 0 aliphatic rings. The van der Waals surface area contributed by atoms with Crippen molar-refractivity contribution in [2.24, 2.45) is 0 Å². The molecule has 0 saturated carbocycles. The number of fused-ring (bicyclic) bond motifs is 1. The van der Waals surface area contributed by atoms with Crippen LogP contribution < -0.4 is 4.74 Å². The topological polar surface area (TPSA) is 57.5 Å². The Morgan fingerprint density at radius 2 is 1.74 bits per heavy atom. The van der Waals surface area contributed by atoms with Gasteiger partial charge in [-0.2, -0.15) is 0 Å². The summed E-state index contributed by atoms with van der Waals surface area (Å²) in [7, 11) is 1.58. The van der Waals surface area contributed by atoms with Crippen LogP contribution in [0, 0.1) is 6.92 Å². The molecule has 0 atom stereocenters. The summed E-state index contributed by atoms with van der Waals surface area (Å²) in [6.07, 6.45) is 3.74. The molecule has 0 aliphatic carbocycles. The van der Waals surface area contributed by atoms with Crippen LogP contribution in [-0.2, 0) is 16.0 Å². The van der Waals surface area contributed by atoms with Crippen molar-refractivity contribution in [2.45, 2.75) is 13.3 Å². The highest BCUT2D eigenvalue weighted by Crippen LogP contribution is 2.31. The lowest BCUT2D eigenvalue weighted by atomic mass is 10.1. The summed E-state index contributed by atoms with van der Waals surface area (Å²) < 4.78 is 12.4. The molecule has 4 aromatic rings. The number of benzene rings is 3. The maximum absolute atomic E-state index is 13.4. The minimum atomic E-state index is -0.373. The van der Waals surface area contributed by atoms with Gasteiger partial charge in [0.2, 0.25) is 0 Å². The second-order valence-electron chi connectivity index (χ2n) is 7.77. The fourth-order valence-corrected chi connectivity index (χ4v) is 4.01. The Labute approximate surface area is 203 Å². The summed E-state index contributed by atoms with van der Waals surface area (Å²) in [4.78, 5) is 26.0. The monoisotopic (exact) mass is 473 g/mol. The zero-order valence-electron chi connectivity index (χ0n) is 19.0. The largest absolute Gasteiger partial charge is 0.497 e. The lowest BCUT2D eigenvalue weighted by Gasteiger charge is -2.08. The summed E-state index contributed by atoms with van der Waals surface area (Å²) in [6.45, 7) is 2.00. The van der Waals surface area contributed by atoms with E-state index >= 15 is 0 Å². The molecule has 0 unspecified atom stereocenters. The maximum atomic E-state index is 13.4. The fraction of sp³-hybridized carbons (Fsp3) is 0.143. The van der Waals surface area contributed by atoms with Gasteiger partial charge >= 0.3 is 5.97 Å². The summed E-state index contributed by atoms with van der Waals surface area (Å²) in [5.41, 5.74) is 3.64. The first-order chi connectivity index (χ1) is 16.5. The van der Waals surface area contributed by atoms with Crippen LogP contribution in [0.3, 0.4) is 0 Å². The standard InChI is InChI=1S/C28H24ClNO4/c1-19-24(18-27(31)34-16-6-9-20-7-4-3-5-8-20)25-17-23(33-2)14-15-26(25)30(19)28(32)21-10-12-22(29)13-11-21/h3-15,17H,16,18H2,1-2H3/b9-6+. The predicted molar refractivity (Wildman–Crippen MR) is 135 cm³/mol. The molecular formula is C28H24ClNO4. The van der Waals surface area contributed by atoms with Crippen molar-refractivity contribution >= 4 is 40.5 Å². The van der Waals surface area contributed by atoms with Crippen molar-refractivity contribution in [1.82, 2.24) is 4.57 Å². The van der Waals surface area contributed by atoms with Gasteiger partial charge in [-0.25, -0.2) is 0 Å². The van der Waals surface area contributed by atoms with Gasteiger partial charge < -0.3 is 9.47 Å². The van der Waals surface area contributed by atoms with Crippen molar-refractivity contribution in [2.75, 3.05) is 13.7 Å². The van der Waals surface area contributed by atoms with Gasteiger partial charge in [0.05, 0.1) is 19.0 Å². The quantitative estimate of drug-likeness (QED) is 0.304. The number of rotatable bonds is 7. The Balaban J connectivity index is 1.60. The first kappa shape index (κ1) is 23.3. The normalized spacial score (nSPS) is 11.1. The molecule has 0 aliphatic heterocycles. The van der Waals surface area contributed by atoms with Gasteiger partial charge in [0.25, 0.3) is 5.91 Å². The fourth-order valence-electron chi connectivity index (χ4n) is 3.88. The second-order valence-corrected chi connectivity index (χ2v) is 8.20. The molecule has 4 rings (SSSR count). The molecule has 0 spiro atoms. The van der Waals surface area contributed by atoms with E-state index in [4.69, 9.17) is 21.1 Å². The van der Waals surface area contributed by atoms with Crippen molar-refractivity contribution in [3.05, 3.63) is 106 Å². The van der Waals surface area contributed by atoms with E-state index in [0.29, 0.717) is 27.5 Å². The van der Waals surface area contributed by atoms with Crippen LogP contribution in [0.4, 0.5) is 0 Å². The van der Waals surface area contributed by atoms with Crippen molar-refractivity contribution in [3.63, 3.8) is 0 Å². The molecule has 0 bridgehead atoms. The van der Waals surface area contributed by atoms with Crippen molar-refractivity contribution < 1.29 is 19.1 Å². The molecule has 1 aromatic heterocycles. The molecule has 6 heteroatoms. The van der Waals surface area contributed by atoms with Crippen LogP contribution in [0.25, 0.3) is 17.0 Å². The molecule has 0 radical (unpaired) electrons. The van der Waals surface area contributed by atoms with Crippen LogP contribution >= 0.6 is 11.6 Å². The molecular weight excluding hydrogens is 450 g/mol. The highest BCUT2D eigenvalue weighted by Gasteiger charge is 2.22. The Bertz CT molecular complexity index is 1350. The number of halogens is 1. The van der Waals surface area contributed by atoms with Crippen LogP contribution in [0.2, 0.25) is 5.02 Å². The van der Waals surface area contributed by atoms with Crippen molar-refractivity contribution in [3.8, 4) is 5.75 Å². The van der Waals surface area contributed by atoms with Crippen LogP contribution in [-0.4, -0.2) is 30.2 Å². The van der Waals surface area contributed by atoms with Gasteiger partial charge in [-0.05, 0) is 66.6 Å². The highest BCUT2D eigenvalue weighted by atomic mass is 35.5. The average molecular weight is 474 g/mol. The molecule has 3 aromatic carbocycles. The zero-order valence-corrected chi connectivity index (χ0v) is 19.7. The van der Waals surface area contributed by atoms with Crippen LogP contribution in [0.15, 0.2) is 78.9 Å².